The second kappa shape index (κ2) is 9.02. The Bertz CT molecular complexity index is 781. The van der Waals surface area contributed by atoms with Gasteiger partial charge in [-0.3, -0.25) is 9.59 Å². The summed E-state index contributed by atoms with van der Waals surface area (Å²) in [5.74, 6) is -1.79. The highest BCUT2D eigenvalue weighted by Crippen LogP contribution is 2.12. The van der Waals surface area contributed by atoms with Gasteiger partial charge in [-0.15, -0.1) is 0 Å². The highest BCUT2D eigenvalue weighted by Gasteiger charge is 2.29. The number of ether oxygens (including phenoxy) is 1. The van der Waals surface area contributed by atoms with E-state index in [1.54, 1.807) is 32.0 Å². The molecule has 2 atom stereocenters. The second-order valence-corrected chi connectivity index (χ2v) is 6.61. The Kier molecular flexibility index (Phi) is 6.76. The molecule has 2 amide bonds. The fourth-order valence-electron chi connectivity index (χ4n) is 2.30. The van der Waals surface area contributed by atoms with Gasteiger partial charge in [0.2, 0.25) is 0 Å². The van der Waals surface area contributed by atoms with E-state index < -0.39 is 29.9 Å². The summed E-state index contributed by atoms with van der Waals surface area (Å²) < 4.78 is 10.3. The predicted octanol–water partition coefficient (Wildman–Crippen LogP) is 2.91. The molecule has 0 unspecified atom stereocenters. The van der Waals surface area contributed by atoms with Crippen LogP contribution in [0.15, 0.2) is 47.1 Å². The van der Waals surface area contributed by atoms with E-state index in [0.717, 1.165) is 5.56 Å². The van der Waals surface area contributed by atoms with Gasteiger partial charge < -0.3 is 19.8 Å². The standard InChI is InChI=1S/C20H24N2O5/c1-12(2)17(22-19(24)16-6-5-11-26-16)20(25)27-14(4)18(23)21-15-9-7-13(3)8-10-15/h5-12,14,17H,1-4H3,(H,21,23)(H,22,24)/t14-,17+/m1/s1. The van der Waals surface area contributed by atoms with Crippen LogP contribution in [-0.4, -0.2) is 29.9 Å². The monoisotopic (exact) mass is 372 g/mol. The maximum Gasteiger partial charge on any atom is 0.329 e. The SMILES string of the molecule is Cc1ccc(NC(=O)[C@@H](C)OC(=O)[C@@H](NC(=O)c2ccco2)C(C)C)cc1. The molecule has 0 saturated heterocycles. The molecule has 1 aromatic carbocycles. The van der Waals surface area contributed by atoms with E-state index in [-0.39, 0.29) is 11.7 Å². The average molecular weight is 372 g/mol. The van der Waals surface area contributed by atoms with Gasteiger partial charge >= 0.3 is 5.97 Å². The lowest BCUT2D eigenvalue weighted by Crippen LogP contribution is -2.47. The van der Waals surface area contributed by atoms with Gasteiger partial charge in [0.25, 0.3) is 11.8 Å². The molecular formula is C20H24N2O5. The molecular weight excluding hydrogens is 348 g/mol. The number of hydrogen-bond donors (Lipinski definition) is 2. The summed E-state index contributed by atoms with van der Waals surface area (Å²) in [6.45, 7) is 6.96. The third kappa shape index (κ3) is 5.70. The lowest BCUT2D eigenvalue weighted by Gasteiger charge is -2.22. The molecule has 27 heavy (non-hydrogen) atoms. The molecule has 7 heteroatoms. The maximum atomic E-state index is 12.5. The normalized spacial score (nSPS) is 12.9. The van der Waals surface area contributed by atoms with Crippen LogP contribution in [0.4, 0.5) is 5.69 Å². The number of aryl methyl sites for hydroxylation is 1. The first-order valence-electron chi connectivity index (χ1n) is 8.70. The van der Waals surface area contributed by atoms with Crippen molar-refractivity contribution in [3.63, 3.8) is 0 Å². The first-order valence-corrected chi connectivity index (χ1v) is 8.70. The second-order valence-electron chi connectivity index (χ2n) is 6.61. The van der Waals surface area contributed by atoms with Crippen LogP contribution in [0.1, 0.15) is 36.9 Å². The quantitative estimate of drug-likeness (QED) is 0.728. The molecule has 0 fully saturated rings. The van der Waals surface area contributed by atoms with E-state index in [1.165, 1.54) is 19.3 Å². The van der Waals surface area contributed by atoms with Crippen molar-refractivity contribution in [3.05, 3.63) is 54.0 Å². The van der Waals surface area contributed by atoms with Crippen LogP contribution >= 0.6 is 0 Å². The van der Waals surface area contributed by atoms with Gasteiger partial charge in [-0.05, 0) is 44.0 Å². The van der Waals surface area contributed by atoms with Crippen LogP contribution < -0.4 is 10.6 Å². The van der Waals surface area contributed by atoms with Gasteiger partial charge in [-0.2, -0.15) is 0 Å². The minimum Gasteiger partial charge on any atom is -0.459 e. The zero-order chi connectivity index (χ0) is 20.0. The zero-order valence-corrected chi connectivity index (χ0v) is 15.8. The number of hydrogen-bond acceptors (Lipinski definition) is 5. The molecule has 0 radical (unpaired) electrons. The van der Waals surface area contributed by atoms with Gasteiger partial charge in [-0.25, -0.2) is 4.79 Å². The van der Waals surface area contributed by atoms with Gasteiger partial charge in [0.1, 0.15) is 6.04 Å². The maximum absolute atomic E-state index is 12.5. The van der Waals surface area contributed by atoms with Gasteiger partial charge in [0, 0.05) is 5.69 Å². The number of benzene rings is 1. The summed E-state index contributed by atoms with van der Waals surface area (Å²) >= 11 is 0. The lowest BCUT2D eigenvalue weighted by molar-refractivity contribution is -0.156. The van der Waals surface area contributed by atoms with E-state index in [1.807, 2.05) is 19.1 Å². The number of esters is 1. The Hall–Kier alpha value is -3.09. The highest BCUT2D eigenvalue weighted by atomic mass is 16.5. The summed E-state index contributed by atoms with van der Waals surface area (Å²) in [6, 6.07) is 9.43. The minimum atomic E-state index is -1.01. The summed E-state index contributed by atoms with van der Waals surface area (Å²) in [4.78, 5) is 36.8. The van der Waals surface area contributed by atoms with Crippen molar-refractivity contribution in [3.8, 4) is 0 Å². The van der Waals surface area contributed by atoms with Crippen LogP contribution in [-0.2, 0) is 14.3 Å². The van der Waals surface area contributed by atoms with Crippen molar-refractivity contribution in [1.82, 2.24) is 5.32 Å². The minimum absolute atomic E-state index is 0.0959. The summed E-state index contributed by atoms with van der Waals surface area (Å²) in [6.07, 6.45) is 0.357. The van der Waals surface area contributed by atoms with Crippen LogP contribution in [0.5, 0.6) is 0 Å². The summed E-state index contributed by atoms with van der Waals surface area (Å²) in [5.41, 5.74) is 1.68. The number of rotatable bonds is 7. The van der Waals surface area contributed by atoms with E-state index in [9.17, 15) is 14.4 Å². The van der Waals surface area contributed by atoms with Crippen LogP contribution in [0.3, 0.4) is 0 Å². The van der Waals surface area contributed by atoms with Crippen LogP contribution in [0.2, 0.25) is 0 Å². The third-order valence-electron chi connectivity index (χ3n) is 3.93. The third-order valence-corrected chi connectivity index (χ3v) is 3.93. The Balaban J connectivity index is 1.95. The molecule has 1 aromatic heterocycles. The van der Waals surface area contributed by atoms with Gasteiger partial charge in [0.05, 0.1) is 6.26 Å². The Labute approximate surface area is 158 Å². The average Bonchev–Trinajstić information content (AvgIpc) is 3.15. The van der Waals surface area contributed by atoms with Crippen molar-refractivity contribution in [1.29, 1.82) is 0 Å². The van der Waals surface area contributed by atoms with Crippen molar-refractivity contribution in [2.75, 3.05) is 5.32 Å². The zero-order valence-electron chi connectivity index (χ0n) is 15.8. The fourth-order valence-corrected chi connectivity index (χ4v) is 2.30. The first kappa shape index (κ1) is 20.2. The molecule has 0 aliphatic rings. The van der Waals surface area contributed by atoms with Crippen molar-refractivity contribution in [2.45, 2.75) is 39.8 Å². The molecule has 7 nitrogen and oxygen atoms in total. The summed E-state index contributed by atoms with van der Waals surface area (Å²) in [7, 11) is 0. The van der Waals surface area contributed by atoms with Crippen molar-refractivity contribution < 1.29 is 23.5 Å². The number of carbonyl (C=O) groups is 3. The van der Waals surface area contributed by atoms with E-state index >= 15 is 0 Å². The number of carbonyl (C=O) groups excluding carboxylic acids is 3. The predicted molar refractivity (Wildman–Crippen MR) is 100 cm³/mol. The topological polar surface area (TPSA) is 97.6 Å². The molecule has 0 aliphatic heterocycles. The Morgan fingerprint density at radius 1 is 1.04 bits per heavy atom. The van der Waals surface area contributed by atoms with Crippen molar-refractivity contribution in [2.24, 2.45) is 5.92 Å². The van der Waals surface area contributed by atoms with Crippen molar-refractivity contribution >= 4 is 23.5 Å². The molecule has 1 heterocycles. The smallest absolute Gasteiger partial charge is 0.329 e. The first-order chi connectivity index (χ1) is 12.8. The largest absolute Gasteiger partial charge is 0.459 e. The number of amides is 2. The Morgan fingerprint density at radius 2 is 1.70 bits per heavy atom. The fraction of sp³-hybridized carbons (Fsp3) is 0.350. The molecule has 2 aromatic rings. The molecule has 0 spiro atoms. The lowest BCUT2D eigenvalue weighted by atomic mass is 10.0. The molecule has 144 valence electrons. The van der Waals surface area contributed by atoms with E-state index in [0.29, 0.717) is 5.69 Å². The number of nitrogens with one attached hydrogen (secondary N) is 2. The summed E-state index contributed by atoms with van der Waals surface area (Å²) in [5, 5.41) is 5.27. The molecule has 2 N–H and O–H groups in total. The molecule has 2 rings (SSSR count). The number of anilines is 1. The highest BCUT2D eigenvalue weighted by molar-refractivity contribution is 5.97. The van der Waals surface area contributed by atoms with Crippen LogP contribution in [0.25, 0.3) is 0 Å². The molecule has 0 aliphatic carbocycles. The molecule has 0 bridgehead atoms. The number of furan rings is 1. The van der Waals surface area contributed by atoms with Gasteiger partial charge in [-0.1, -0.05) is 31.5 Å². The Morgan fingerprint density at radius 3 is 2.26 bits per heavy atom. The van der Waals surface area contributed by atoms with Gasteiger partial charge in [0.15, 0.2) is 11.9 Å². The van der Waals surface area contributed by atoms with Crippen LogP contribution in [0, 0.1) is 12.8 Å². The van der Waals surface area contributed by atoms with E-state index in [4.69, 9.17) is 9.15 Å². The van der Waals surface area contributed by atoms with E-state index in [2.05, 4.69) is 10.6 Å². The molecule has 0 saturated carbocycles.